The minimum absolute atomic E-state index is 0.0971. The number of nitrogens with zero attached hydrogens (tertiary/aromatic N) is 1. The number of aryl methyl sites for hydroxylation is 1. The standard InChI is InChI=1S/C8H6BrF2NO2/c1-3-2-12-6(8(13)14)4(5(3)9)7(10)11/h2,7H,1H3,(H,13,14). The van der Waals surface area contributed by atoms with Crippen molar-refractivity contribution in [1.82, 2.24) is 4.98 Å². The molecule has 0 bridgehead atoms. The Labute approximate surface area is 86.9 Å². The zero-order chi connectivity index (χ0) is 10.9. The van der Waals surface area contributed by atoms with E-state index in [4.69, 9.17) is 5.11 Å². The molecule has 6 heteroatoms. The summed E-state index contributed by atoms with van der Waals surface area (Å²) in [6.45, 7) is 1.56. The Morgan fingerprint density at radius 3 is 2.64 bits per heavy atom. The van der Waals surface area contributed by atoms with Gasteiger partial charge in [0.1, 0.15) is 0 Å². The molecule has 0 radical (unpaired) electrons. The van der Waals surface area contributed by atoms with Crippen LogP contribution in [0.1, 0.15) is 28.0 Å². The highest BCUT2D eigenvalue weighted by molar-refractivity contribution is 9.10. The van der Waals surface area contributed by atoms with Crippen LogP contribution in [-0.2, 0) is 0 Å². The molecule has 14 heavy (non-hydrogen) atoms. The number of pyridine rings is 1. The van der Waals surface area contributed by atoms with E-state index in [1.807, 2.05) is 0 Å². The van der Waals surface area contributed by atoms with Gasteiger partial charge >= 0.3 is 5.97 Å². The molecule has 0 aliphatic carbocycles. The van der Waals surface area contributed by atoms with E-state index in [-0.39, 0.29) is 4.47 Å². The Bertz CT molecular complexity index is 382. The number of carbonyl (C=O) groups is 1. The van der Waals surface area contributed by atoms with Gasteiger partial charge in [0.25, 0.3) is 6.43 Å². The summed E-state index contributed by atoms with van der Waals surface area (Å²) in [4.78, 5) is 14.0. The van der Waals surface area contributed by atoms with Crippen molar-refractivity contribution in [1.29, 1.82) is 0 Å². The van der Waals surface area contributed by atoms with Crippen molar-refractivity contribution >= 4 is 21.9 Å². The average Bonchev–Trinajstić information content (AvgIpc) is 2.08. The van der Waals surface area contributed by atoms with E-state index in [1.54, 1.807) is 6.92 Å². The lowest BCUT2D eigenvalue weighted by atomic mass is 10.1. The van der Waals surface area contributed by atoms with Crippen LogP contribution in [0.25, 0.3) is 0 Å². The van der Waals surface area contributed by atoms with E-state index in [0.717, 1.165) is 0 Å². The molecule has 0 aliphatic rings. The van der Waals surface area contributed by atoms with Crippen LogP contribution in [0.4, 0.5) is 8.78 Å². The molecule has 0 saturated carbocycles. The van der Waals surface area contributed by atoms with E-state index in [1.165, 1.54) is 6.20 Å². The Kier molecular flexibility index (Phi) is 3.15. The molecular weight excluding hydrogens is 260 g/mol. The normalized spacial score (nSPS) is 10.6. The summed E-state index contributed by atoms with van der Waals surface area (Å²) in [6, 6.07) is 0. The summed E-state index contributed by atoms with van der Waals surface area (Å²) < 4.78 is 25.1. The number of aromatic carboxylic acids is 1. The average molecular weight is 266 g/mol. The maximum Gasteiger partial charge on any atom is 0.355 e. The van der Waals surface area contributed by atoms with Crippen LogP contribution >= 0.6 is 15.9 Å². The van der Waals surface area contributed by atoms with Crippen molar-refractivity contribution in [3.8, 4) is 0 Å². The van der Waals surface area contributed by atoms with Crippen molar-refractivity contribution in [3.05, 3.63) is 27.5 Å². The number of hydrogen-bond donors (Lipinski definition) is 1. The van der Waals surface area contributed by atoms with Crippen molar-refractivity contribution in [3.63, 3.8) is 0 Å². The van der Waals surface area contributed by atoms with Crippen molar-refractivity contribution in [2.45, 2.75) is 13.3 Å². The van der Waals surface area contributed by atoms with Gasteiger partial charge in [-0.3, -0.25) is 0 Å². The fourth-order valence-corrected chi connectivity index (χ4v) is 1.44. The van der Waals surface area contributed by atoms with Gasteiger partial charge in [-0.05, 0) is 28.4 Å². The molecule has 0 aliphatic heterocycles. The van der Waals surface area contributed by atoms with E-state index in [2.05, 4.69) is 20.9 Å². The SMILES string of the molecule is Cc1cnc(C(=O)O)c(C(F)F)c1Br. The molecule has 0 fully saturated rings. The van der Waals surface area contributed by atoms with Gasteiger partial charge < -0.3 is 5.11 Å². The van der Waals surface area contributed by atoms with E-state index in [9.17, 15) is 13.6 Å². The van der Waals surface area contributed by atoms with Gasteiger partial charge in [0.05, 0.1) is 5.56 Å². The van der Waals surface area contributed by atoms with Crippen molar-refractivity contribution in [2.24, 2.45) is 0 Å². The van der Waals surface area contributed by atoms with Crippen LogP contribution < -0.4 is 0 Å². The number of halogens is 3. The van der Waals surface area contributed by atoms with Crippen LogP contribution in [0.5, 0.6) is 0 Å². The number of carboxylic acid groups (broad SMARTS) is 1. The van der Waals surface area contributed by atoms with E-state index in [0.29, 0.717) is 5.56 Å². The second-order valence-electron chi connectivity index (χ2n) is 2.62. The molecule has 1 rings (SSSR count). The zero-order valence-electron chi connectivity index (χ0n) is 7.09. The molecule has 1 aromatic heterocycles. The van der Waals surface area contributed by atoms with Crippen LogP contribution in [0.2, 0.25) is 0 Å². The first-order valence-corrected chi connectivity index (χ1v) is 4.41. The second-order valence-corrected chi connectivity index (χ2v) is 3.42. The highest BCUT2D eigenvalue weighted by Gasteiger charge is 2.23. The summed E-state index contributed by atoms with van der Waals surface area (Å²) in [5.41, 5.74) is -0.708. The predicted octanol–water partition coefficient (Wildman–Crippen LogP) is 2.79. The molecule has 76 valence electrons. The van der Waals surface area contributed by atoms with Gasteiger partial charge in [0.2, 0.25) is 0 Å². The molecule has 0 aromatic carbocycles. The van der Waals surface area contributed by atoms with Gasteiger partial charge in [-0.25, -0.2) is 18.6 Å². The minimum atomic E-state index is -2.86. The number of carboxylic acids is 1. The smallest absolute Gasteiger partial charge is 0.355 e. The van der Waals surface area contributed by atoms with Crippen LogP contribution in [0.15, 0.2) is 10.7 Å². The minimum Gasteiger partial charge on any atom is -0.476 e. The Morgan fingerprint density at radius 2 is 2.21 bits per heavy atom. The van der Waals surface area contributed by atoms with Gasteiger partial charge in [-0.15, -0.1) is 0 Å². The molecule has 1 aromatic rings. The van der Waals surface area contributed by atoms with Gasteiger partial charge in [-0.1, -0.05) is 0 Å². The molecule has 0 atom stereocenters. The summed E-state index contributed by atoms with van der Waals surface area (Å²) in [5, 5.41) is 8.61. The number of rotatable bonds is 2. The number of hydrogen-bond acceptors (Lipinski definition) is 2. The maximum absolute atomic E-state index is 12.5. The molecule has 1 heterocycles. The third-order valence-electron chi connectivity index (χ3n) is 1.65. The topological polar surface area (TPSA) is 50.2 Å². The largest absolute Gasteiger partial charge is 0.476 e. The first-order chi connectivity index (χ1) is 6.45. The maximum atomic E-state index is 12.5. The Morgan fingerprint density at radius 1 is 1.64 bits per heavy atom. The summed E-state index contributed by atoms with van der Waals surface area (Å²) in [6.07, 6.45) is -1.62. The number of aromatic nitrogens is 1. The third-order valence-corrected chi connectivity index (χ3v) is 2.70. The molecule has 1 N–H and O–H groups in total. The van der Waals surface area contributed by atoms with Gasteiger partial charge in [-0.2, -0.15) is 0 Å². The fraction of sp³-hybridized carbons (Fsp3) is 0.250. The molecule has 0 unspecified atom stereocenters. The lowest BCUT2D eigenvalue weighted by Crippen LogP contribution is -2.07. The summed E-state index contributed by atoms with van der Waals surface area (Å²) >= 11 is 2.92. The van der Waals surface area contributed by atoms with Crippen molar-refractivity contribution in [2.75, 3.05) is 0 Å². The van der Waals surface area contributed by atoms with Gasteiger partial charge in [0, 0.05) is 10.7 Å². The lowest BCUT2D eigenvalue weighted by molar-refractivity contribution is 0.0676. The predicted molar refractivity (Wildman–Crippen MR) is 48.6 cm³/mol. The summed E-state index contributed by atoms with van der Waals surface area (Å²) in [5.74, 6) is -1.46. The fourth-order valence-electron chi connectivity index (χ4n) is 0.974. The van der Waals surface area contributed by atoms with Crippen LogP contribution in [0.3, 0.4) is 0 Å². The molecule has 0 amide bonds. The molecule has 0 spiro atoms. The van der Waals surface area contributed by atoms with Gasteiger partial charge in [0.15, 0.2) is 5.69 Å². The first kappa shape index (κ1) is 11.0. The lowest BCUT2D eigenvalue weighted by Gasteiger charge is -2.08. The Balaban J connectivity index is 3.45. The summed E-state index contributed by atoms with van der Waals surface area (Å²) in [7, 11) is 0. The molecule has 0 saturated heterocycles. The zero-order valence-corrected chi connectivity index (χ0v) is 8.68. The highest BCUT2D eigenvalue weighted by Crippen LogP contribution is 2.31. The third kappa shape index (κ3) is 1.89. The van der Waals surface area contributed by atoms with E-state index < -0.39 is 23.7 Å². The quantitative estimate of drug-likeness (QED) is 0.895. The van der Waals surface area contributed by atoms with Crippen LogP contribution in [-0.4, -0.2) is 16.1 Å². The molecule has 3 nitrogen and oxygen atoms in total. The highest BCUT2D eigenvalue weighted by atomic mass is 79.9. The van der Waals surface area contributed by atoms with Crippen molar-refractivity contribution < 1.29 is 18.7 Å². The monoisotopic (exact) mass is 265 g/mol. The first-order valence-electron chi connectivity index (χ1n) is 3.61. The van der Waals surface area contributed by atoms with Crippen LogP contribution in [0, 0.1) is 6.92 Å². The second kappa shape index (κ2) is 4.00. The Hall–Kier alpha value is -1.04. The molecular formula is C8H6BrF2NO2. The van der Waals surface area contributed by atoms with E-state index >= 15 is 0 Å². The number of alkyl halides is 2.